The smallest absolute Gasteiger partial charge is 0.143 e. The van der Waals surface area contributed by atoms with Gasteiger partial charge in [0.1, 0.15) is 5.60 Å². The van der Waals surface area contributed by atoms with Gasteiger partial charge in [0.25, 0.3) is 0 Å². The Labute approximate surface area is 179 Å². The van der Waals surface area contributed by atoms with Crippen LogP contribution in [0.15, 0.2) is 91.0 Å². The summed E-state index contributed by atoms with van der Waals surface area (Å²) in [5.74, 6) is 5.33. The van der Waals surface area contributed by atoms with Gasteiger partial charge in [0.2, 0.25) is 0 Å². The van der Waals surface area contributed by atoms with E-state index in [0.29, 0.717) is 12.8 Å². The van der Waals surface area contributed by atoms with Crippen molar-refractivity contribution >= 4 is 0 Å². The highest BCUT2D eigenvalue weighted by Gasteiger charge is 2.40. The molecule has 0 fully saturated rings. The van der Waals surface area contributed by atoms with Gasteiger partial charge < -0.3 is 9.84 Å². The normalized spacial score (nSPS) is 11.4. The van der Waals surface area contributed by atoms with Crippen molar-refractivity contribution in [3.8, 4) is 24.7 Å². The van der Waals surface area contributed by atoms with Crippen LogP contribution in [-0.2, 0) is 10.3 Å². The summed E-state index contributed by atoms with van der Waals surface area (Å²) in [7, 11) is 0. The lowest BCUT2D eigenvalue weighted by Gasteiger charge is -2.39. The lowest BCUT2D eigenvalue weighted by Crippen LogP contribution is -2.39. The number of rotatable bonds is 9. The molecule has 0 radical (unpaired) electrons. The zero-order valence-corrected chi connectivity index (χ0v) is 17.0. The van der Waals surface area contributed by atoms with Crippen LogP contribution in [0, 0.1) is 30.1 Å². The van der Waals surface area contributed by atoms with Gasteiger partial charge in [0.15, 0.2) is 0 Å². The molecule has 0 aromatic heterocycles. The van der Waals surface area contributed by atoms with Crippen molar-refractivity contribution in [3.63, 3.8) is 0 Å². The van der Waals surface area contributed by atoms with Crippen molar-refractivity contribution in [2.75, 3.05) is 13.2 Å². The Hall–Kier alpha value is -3.30. The fraction of sp³-hybridized carbons (Fsp3) is 0.214. The number of hydrogen-bond donors (Lipinski definition) is 1. The molecule has 3 rings (SSSR count). The van der Waals surface area contributed by atoms with E-state index < -0.39 is 11.0 Å². The fourth-order valence-corrected chi connectivity index (χ4v) is 3.78. The summed E-state index contributed by atoms with van der Waals surface area (Å²) >= 11 is 0. The van der Waals surface area contributed by atoms with Gasteiger partial charge in [-0.05, 0) is 16.7 Å². The number of terminal acetylenes is 2. The summed E-state index contributed by atoms with van der Waals surface area (Å²) in [6, 6.07) is 30.3. The molecule has 0 aliphatic heterocycles. The highest BCUT2D eigenvalue weighted by molar-refractivity contribution is 5.47. The van der Waals surface area contributed by atoms with Crippen LogP contribution >= 0.6 is 0 Å². The molecule has 0 bridgehead atoms. The van der Waals surface area contributed by atoms with E-state index in [1.807, 2.05) is 54.6 Å². The zero-order valence-electron chi connectivity index (χ0n) is 17.0. The van der Waals surface area contributed by atoms with Crippen molar-refractivity contribution in [2.24, 2.45) is 5.41 Å². The van der Waals surface area contributed by atoms with Gasteiger partial charge in [-0.25, -0.2) is 0 Å². The van der Waals surface area contributed by atoms with Gasteiger partial charge in [0, 0.05) is 18.3 Å². The third-order valence-corrected chi connectivity index (χ3v) is 5.43. The molecule has 0 aliphatic rings. The molecule has 0 heterocycles. The Bertz CT molecular complexity index is 883. The first-order valence-corrected chi connectivity index (χ1v) is 9.99. The molecule has 0 amide bonds. The Morgan fingerprint density at radius 1 is 0.667 bits per heavy atom. The minimum absolute atomic E-state index is 0.143. The lowest BCUT2D eigenvalue weighted by molar-refractivity contribution is -0.0554. The molecule has 2 nitrogen and oxygen atoms in total. The largest absolute Gasteiger partial charge is 0.396 e. The van der Waals surface area contributed by atoms with Crippen LogP contribution in [0.1, 0.15) is 29.5 Å². The van der Waals surface area contributed by atoms with Crippen LogP contribution < -0.4 is 0 Å². The predicted octanol–water partition coefficient (Wildman–Crippen LogP) is 5.02. The van der Waals surface area contributed by atoms with Gasteiger partial charge in [-0.3, -0.25) is 0 Å². The highest BCUT2D eigenvalue weighted by atomic mass is 16.5. The predicted molar refractivity (Wildman–Crippen MR) is 122 cm³/mol. The number of ether oxygens (including phenoxy) is 1. The van der Waals surface area contributed by atoms with Crippen LogP contribution in [0.2, 0.25) is 0 Å². The van der Waals surface area contributed by atoms with E-state index in [9.17, 15) is 5.11 Å². The van der Waals surface area contributed by atoms with Crippen molar-refractivity contribution in [1.82, 2.24) is 0 Å². The minimum Gasteiger partial charge on any atom is -0.396 e. The fourth-order valence-electron chi connectivity index (χ4n) is 3.78. The quantitative estimate of drug-likeness (QED) is 0.408. The van der Waals surface area contributed by atoms with Gasteiger partial charge in [-0.1, -0.05) is 91.0 Å². The number of aliphatic hydroxyl groups excluding tert-OH is 1. The monoisotopic (exact) mass is 394 g/mol. The minimum atomic E-state index is -0.868. The van der Waals surface area contributed by atoms with Crippen molar-refractivity contribution in [3.05, 3.63) is 108 Å². The van der Waals surface area contributed by atoms with E-state index >= 15 is 0 Å². The standard InChI is InChI=1S/C28H26O2/c1-3-20-27(22-29,21-4-2)23-30-28(24-14-8-5-9-15-24,25-16-10-6-11-17-25)26-18-12-7-13-19-26/h1-2,5-19,29H,20-23H2. The summed E-state index contributed by atoms with van der Waals surface area (Å²) < 4.78 is 6.80. The van der Waals surface area contributed by atoms with Crippen molar-refractivity contribution in [1.29, 1.82) is 0 Å². The summed E-state index contributed by atoms with van der Waals surface area (Å²) in [6.45, 7) is 0.0758. The Kier molecular flexibility index (Phi) is 7.10. The Morgan fingerprint density at radius 3 is 1.33 bits per heavy atom. The lowest BCUT2D eigenvalue weighted by atomic mass is 9.78. The van der Waals surface area contributed by atoms with E-state index in [1.165, 1.54) is 0 Å². The molecule has 1 N–H and O–H groups in total. The highest BCUT2D eigenvalue weighted by Crippen LogP contribution is 2.42. The molecule has 3 aromatic rings. The summed E-state index contributed by atoms with van der Waals surface area (Å²) in [5.41, 5.74) is 1.42. The maximum atomic E-state index is 10.2. The van der Waals surface area contributed by atoms with E-state index in [1.54, 1.807) is 0 Å². The van der Waals surface area contributed by atoms with Crippen LogP contribution in [0.4, 0.5) is 0 Å². The molecular formula is C28H26O2. The van der Waals surface area contributed by atoms with Gasteiger partial charge in [-0.15, -0.1) is 24.7 Å². The first kappa shape index (κ1) is 21.4. The SMILES string of the molecule is C#CCC(CO)(CC#C)COC(c1ccccc1)(c1ccccc1)c1ccccc1. The van der Waals surface area contributed by atoms with E-state index in [0.717, 1.165) is 16.7 Å². The molecule has 0 saturated heterocycles. The third-order valence-electron chi connectivity index (χ3n) is 5.43. The number of aliphatic hydroxyl groups is 1. The van der Waals surface area contributed by atoms with E-state index in [2.05, 4.69) is 48.2 Å². The maximum Gasteiger partial charge on any atom is 0.143 e. The molecule has 3 aromatic carbocycles. The second kappa shape index (κ2) is 9.95. The Balaban J connectivity index is 2.19. The molecular weight excluding hydrogens is 368 g/mol. The Morgan fingerprint density at radius 2 is 1.03 bits per heavy atom. The number of hydrogen-bond acceptors (Lipinski definition) is 2. The van der Waals surface area contributed by atoms with Crippen LogP contribution in [0.25, 0.3) is 0 Å². The van der Waals surface area contributed by atoms with Crippen LogP contribution in [0.5, 0.6) is 0 Å². The summed E-state index contributed by atoms with van der Waals surface area (Å²) in [5, 5.41) is 10.2. The summed E-state index contributed by atoms with van der Waals surface area (Å²) in [6.07, 6.45) is 11.9. The maximum absolute atomic E-state index is 10.2. The summed E-state index contributed by atoms with van der Waals surface area (Å²) in [4.78, 5) is 0. The molecule has 30 heavy (non-hydrogen) atoms. The molecule has 0 unspecified atom stereocenters. The second-order valence-electron chi connectivity index (χ2n) is 7.49. The van der Waals surface area contributed by atoms with Crippen LogP contribution in [-0.4, -0.2) is 18.3 Å². The van der Waals surface area contributed by atoms with Crippen molar-refractivity contribution in [2.45, 2.75) is 18.4 Å². The average Bonchev–Trinajstić information content (AvgIpc) is 2.82. The van der Waals surface area contributed by atoms with Gasteiger partial charge in [-0.2, -0.15) is 0 Å². The average molecular weight is 395 g/mol. The second-order valence-corrected chi connectivity index (χ2v) is 7.49. The molecule has 0 atom stereocenters. The van der Waals surface area contributed by atoms with E-state index in [-0.39, 0.29) is 13.2 Å². The molecule has 0 aliphatic carbocycles. The third kappa shape index (κ3) is 4.32. The molecule has 150 valence electrons. The van der Waals surface area contributed by atoms with E-state index in [4.69, 9.17) is 17.6 Å². The first-order valence-electron chi connectivity index (χ1n) is 9.99. The number of benzene rings is 3. The molecule has 2 heteroatoms. The van der Waals surface area contributed by atoms with Gasteiger partial charge >= 0.3 is 0 Å². The molecule has 0 saturated carbocycles. The zero-order chi connectivity index (χ0) is 21.3. The topological polar surface area (TPSA) is 29.5 Å². The van der Waals surface area contributed by atoms with Crippen molar-refractivity contribution < 1.29 is 9.84 Å². The molecule has 0 spiro atoms. The van der Waals surface area contributed by atoms with Crippen LogP contribution in [0.3, 0.4) is 0 Å². The first-order chi connectivity index (χ1) is 14.7. The van der Waals surface area contributed by atoms with Gasteiger partial charge in [0.05, 0.1) is 13.2 Å².